The Morgan fingerprint density at radius 3 is 2.48 bits per heavy atom. The molecular formula is C16H20N2O3. The lowest BCUT2D eigenvalue weighted by molar-refractivity contribution is -0.136. The summed E-state index contributed by atoms with van der Waals surface area (Å²) >= 11 is 0. The van der Waals surface area contributed by atoms with Gasteiger partial charge in [0.05, 0.1) is 6.42 Å². The molecule has 21 heavy (non-hydrogen) atoms. The van der Waals surface area contributed by atoms with E-state index in [-0.39, 0.29) is 25.0 Å². The lowest BCUT2D eigenvalue weighted by Crippen LogP contribution is -2.45. The number of aliphatic carboxylic acids is 1. The topological polar surface area (TPSA) is 60.9 Å². The fraction of sp³-hybridized carbons (Fsp3) is 0.375. The zero-order valence-corrected chi connectivity index (χ0v) is 11.9. The first-order valence-electron chi connectivity index (χ1n) is 7.09. The lowest BCUT2D eigenvalue weighted by Gasteiger charge is -2.30. The minimum absolute atomic E-state index is 0.0762. The third kappa shape index (κ3) is 4.08. The van der Waals surface area contributed by atoms with Gasteiger partial charge in [0, 0.05) is 24.8 Å². The van der Waals surface area contributed by atoms with E-state index in [9.17, 15) is 9.59 Å². The van der Waals surface area contributed by atoms with Gasteiger partial charge < -0.3 is 10.0 Å². The number of hydrogen-bond donors (Lipinski definition) is 1. The van der Waals surface area contributed by atoms with Crippen molar-refractivity contribution in [1.29, 1.82) is 0 Å². The van der Waals surface area contributed by atoms with Gasteiger partial charge in [0.2, 0.25) is 0 Å². The van der Waals surface area contributed by atoms with Crippen LogP contribution in [0.1, 0.15) is 19.3 Å². The van der Waals surface area contributed by atoms with Gasteiger partial charge in [0.1, 0.15) is 0 Å². The van der Waals surface area contributed by atoms with Gasteiger partial charge in [-0.1, -0.05) is 24.3 Å². The first-order valence-corrected chi connectivity index (χ1v) is 7.09. The average molecular weight is 288 g/mol. The summed E-state index contributed by atoms with van der Waals surface area (Å²) in [5.74, 6) is -0.912. The number of urea groups is 1. The maximum atomic E-state index is 12.7. The van der Waals surface area contributed by atoms with Crippen LogP contribution in [0.4, 0.5) is 10.5 Å². The summed E-state index contributed by atoms with van der Waals surface area (Å²) in [4.78, 5) is 26.9. The monoisotopic (exact) mass is 288 g/mol. The Bertz CT molecular complexity index is 512. The van der Waals surface area contributed by atoms with Gasteiger partial charge in [0.15, 0.2) is 0 Å². The van der Waals surface area contributed by atoms with Gasteiger partial charge in [-0.25, -0.2) is 4.79 Å². The Morgan fingerprint density at radius 2 is 1.95 bits per heavy atom. The number of benzene rings is 1. The average Bonchev–Trinajstić information content (AvgIpc) is 3.30. The Balaban J connectivity index is 2.18. The van der Waals surface area contributed by atoms with E-state index in [1.54, 1.807) is 11.0 Å². The second-order valence-corrected chi connectivity index (χ2v) is 5.09. The number of nitrogens with zero attached hydrogens (tertiary/aromatic N) is 2. The summed E-state index contributed by atoms with van der Waals surface area (Å²) in [6.45, 7) is 4.34. The van der Waals surface area contributed by atoms with Crippen molar-refractivity contribution >= 4 is 17.7 Å². The van der Waals surface area contributed by atoms with Crippen LogP contribution in [0.2, 0.25) is 0 Å². The predicted molar refractivity (Wildman–Crippen MR) is 81.4 cm³/mol. The molecule has 1 aromatic carbocycles. The van der Waals surface area contributed by atoms with Crippen LogP contribution < -0.4 is 4.90 Å². The summed E-state index contributed by atoms with van der Waals surface area (Å²) in [7, 11) is 0. The van der Waals surface area contributed by atoms with E-state index < -0.39 is 5.97 Å². The summed E-state index contributed by atoms with van der Waals surface area (Å²) < 4.78 is 0. The highest BCUT2D eigenvalue weighted by Crippen LogP contribution is 2.29. The number of para-hydroxylation sites is 1. The predicted octanol–water partition coefficient (Wildman–Crippen LogP) is 2.74. The van der Waals surface area contributed by atoms with Gasteiger partial charge in [-0.3, -0.25) is 9.69 Å². The molecule has 0 atom stereocenters. The highest BCUT2D eigenvalue weighted by Gasteiger charge is 2.34. The van der Waals surface area contributed by atoms with Crippen molar-refractivity contribution in [3.8, 4) is 0 Å². The zero-order chi connectivity index (χ0) is 15.2. The number of hydrogen-bond acceptors (Lipinski definition) is 2. The number of carbonyl (C=O) groups is 2. The molecular weight excluding hydrogens is 268 g/mol. The van der Waals surface area contributed by atoms with Gasteiger partial charge in [-0.2, -0.15) is 0 Å². The largest absolute Gasteiger partial charge is 0.481 e. The highest BCUT2D eigenvalue weighted by atomic mass is 16.4. The number of anilines is 1. The molecule has 1 aliphatic carbocycles. The van der Waals surface area contributed by atoms with Crippen molar-refractivity contribution in [2.45, 2.75) is 25.3 Å². The molecule has 0 heterocycles. The Hall–Kier alpha value is -2.30. The molecule has 5 nitrogen and oxygen atoms in total. The van der Waals surface area contributed by atoms with Crippen LogP contribution in [0.3, 0.4) is 0 Å². The second-order valence-electron chi connectivity index (χ2n) is 5.09. The van der Waals surface area contributed by atoms with Gasteiger partial charge >= 0.3 is 12.0 Å². The van der Waals surface area contributed by atoms with Gasteiger partial charge in [-0.15, -0.1) is 6.58 Å². The quantitative estimate of drug-likeness (QED) is 0.785. The van der Waals surface area contributed by atoms with Crippen molar-refractivity contribution in [3.63, 3.8) is 0 Å². The van der Waals surface area contributed by atoms with Crippen molar-refractivity contribution in [1.82, 2.24) is 4.90 Å². The molecule has 1 saturated carbocycles. The SMILES string of the molecule is C=CCN(C(=O)N(CCC(=O)O)c1ccccc1)C1CC1. The van der Waals surface area contributed by atoms with Crippen LogP contribution in [0.5, 0.6) is 0 Å². The normalized spacial score (nSPS) is 13.5. The molecule has 1 fully saturated rings. The van der Waals surface area contributed by atoms with E-state index in [4.69, 9.17) is 5.11 Å². The summed E-state index contributed by atoms with van der Waals surface area (Å²) in [6, 6.07) is 9.29. The molecule has 0 spiro atoms. The number of carboxylic acid groups (broad SMARTS) is 1. The summed E-state index contributed by atoms with van der Waals surface area (Å²) in [6.07, 6.45) is 3.63. The molecule has 0 bridgehead atoms. The van der Waals surface area contributed by atoms with Gasteiger partial charge in [-0.05, 0) is 25.0 Å². The van der Waals surface area contributed by atoms with E-state index in [1.165, 1.54) is 4.90 Å². The van der Waals surface area contributed by atoms with Crippen molar-refractivity contribution < 1.29 is 14.7 Å². The van der Waals surface area contributed by atoms with Crippen molar-refractivity contribution in [2.75, 3.05) is 18.0 Å². The maximum Gasteiger partial charge on any atom is 0.325 e. The van der Waals surface area contributed by atoms with E-state index in [1.807, 2.05) is 30.3 Å². The molecule has 0 saturated heterocycles. The molecule has 1 N–H and O–H groups in total. The molecule has 2 amide bonds. The number of rotatable bonds is 7. The lowest BCUT2D eigenvalue weighted by atomic mass is 10.2. The molecule has 0 unspecified atom stereocenters. The fourth-order valence-corrected chi connectivity index (χ4v) is 2.21. The van der Waals surface area contributed by atoms with E-state index >= 15 is 0 Å². The number of carboxylic acids is 1. The fourth-order valence-electron chi connectivity index (χ4n) is 2.21. The maximum absolute atomic E-state index is 12.7. The van der Waals surface area contributed by atoms with Gasteiger partial charge in [0.25, 0.3) is 0 Å². The first kappa shape index (κ1) is 15.1. The van der Waals surface area contributed by atoms with Crippen LogP contribution in [0, 0.1) is 0 Å². The van der Waals surface area contributed by atoms with Crippen molar-refractivity contribution in [3.05, 3.63) is 43.0 Å². The third-order valence-electron chi connectivity index (χ3n) is 3.41. The first-order chi connectivity index (χ1) is 10.1. The standard InChI is InChI=1S/C16H20N2O3/c1-2-11-17(14-8-9-14)16(21)18(12-10-15(19)20)13-6-4-3-5-7-13/h2-7,14H,1,8-12H2,(H,19,20). The third-order valence-corrected chi connectivity index (χ3v) is 3.41. The molecule has 1 aliphatic rings. The minimum Gasteiger partial charge on any atom is -0.481 e. The smallest absolute Gasteiger partial charge is 0.325 e. The number of carbonyl (C=O) groups excluding carboxylic acids is 1. The second kappa shape index (κ2) is 6.92. The molecule has 0 aromatic heterocycles. The van der Waals surface area contributed by atoms with Crippen LogP contribution in [-0.2, 0) is 4.79 Å². The van der Waals surface area contributed by atoms with Crippen LogP contribution in [-0.4, -0.2) is 41.1 Å². The summed E-state index contributed by atoms with van der Waals surface area (Å²) in [5, 5.41) is 8.89. The highest BCUT2D eigenvalue weighted by molar-refractivity contribution is 5.93. The van der Waals surface area contributed by atoms with Crippen molar-refractivity contribution in [2.24, 2.45) is 0 Å². The molecule has 112 valence electrons. The molecule has 0 aliphatic heterocycles. The van der Waals surface area contributed by atoms with E-state index in [2.05, 4.69) is 6.58 Å². The van der Waals surface area contributed by atoms with Crippen LogP contribution in [0.15, 0.2) is 43.0 Å². The molecule has 2 rings (SSSR count). The zero-order valence-electron chi connectivity index (χ0n) is 11.9. The van der Waals surface area contributed by atoms with E-state index in [0.29, 0.717) is 6.54 Å². The van der Waals surface area contributed by atoms with E-state index in [0.717, 1.165) is 18.5 Å². The molecule has 0 radical (unpaired) electrons. The Kier molecular flexibility index (Phi) is 4.98. The van der Waals surface area contributed by atoms with Crippen LogP contribution in [0.25, 0.3) is 0 Å². The minimum atomic E-state index is -0.912. The number of amides is 2. The van der Waals surface area contributed by atoms with Crippen LogP contribution >= 0.6 is 0 Å². The molecule has 5 heteroatoms. The Morgan fingerprint density at radius 1 is 1.29 bits per heavy atom. The molecule has 1 aromatic rings. The summed E-state index contributed by atoms with van der Waals surface area (Å²) in [5.41, 5.74) is 0.721. The Labute approximate surface area is 124 Å².